The maximum atomic E-state index is 10.4. The van der Waals surface area contributed by atoms with Gasteiger partial charge in [-0.1, -0.05) is 32.3 Å². The fourth-order valence-electron chi connectivity index (χ4n) is 4.28. The van der Waals surface area contributed by atoms with Gasteiger partial charge in [-0.05, 0) is 61.9 Å². The molecule has 26 heavy (non-hydrogen) atoms. The van der Waals surface area contributed by atoms with Gasteiger partial charge >= 0.3 is 5.97 Å². The van der Waals surface area contributed by atoms with Crippen LogP contribution in [-0.4, -0.2) is 48.0 Å². The van der Waals surface area contributed by atoms with E-state index in [1.807, 2.05) is 11.8 Å². The van der Waals surface area contributed by atoms with E-state index >= 15 is 0 Å². The zero-order valence-corrected chi connectivity index (χ0v) is 17.1. The summed E-state index contributed by atoms with van der Waals surface area (Å²) >= 11 is 1.93. The number of hydrogen-bond donors (Lipinski definition) is 1. The Kier molecular flexibility index (Phi) is 10.7. The van der Waals surface area contributed by atoms with Crippen LogP contribution in [0.25, 0.3) is 0 Å². The van der Waals surface area contributed by atoms with Crippen LogP contribution < -0.4 is 0 Å². The van der Waals surface area contributed by atoms with Crippen molar-refractivity contribution in [1.82, 2.24) is 0 Å². The lowest BCUT2D eigenvalue weighted by molar-refractivity contribution is -0.131. The molecule has 150 valence electrons. The number of fused-ring (bicyclic) bond motifs is 2. The number of unbranched alkanes of at least 4 members (excludes halogenated alkanes) is 3. The second kappa shape index (κ2) is 12.8. The van der Waals surface area contributed by atoms with Gasteiger partial charge in [-0.2, -0.15) is 11.8 Å². The predicted molar refractivity (Wildman–Crippen MR) is 108 cm³/mol. The first-order valence-electron chi connectivity index (χ1n) is 10.4. The number of aliphatic carboxylic acids is 1. The van der Waals surface area contributed by atoms with Crippen molar-refractivity contribution in [2.24, 2.45) is 11.8 Å². The number of thioether (sulfide) groups is 1. The summed E-state index contributed by atoms with van der Waals surface area (Å²) in [5.41, 5.74) is 0. The van der Waals surface area contributed by atoms with Crippen LogP contribution >= 0.6 is 11.8 Å². The number of carboxylic acid groups (broad SMARTS) is 1. The molecule has 0 aromatic rings. The van der Waals surface area contributed by atoms with Gasteiger partial charge < -0.3 is 14.6 Å². The number of carboxylic acids is 1. The van der Waals surface area contributed by atoms with E-state index in [-0.39, 0.29) is 0 Å². The highest BCUT2D eigenvalue weighted by atomic mass is 32.2. The summed E-state index contributed by atoms with van der Waals surface area (Å²) in [6.07, 6.45) is 14.7. The number of ether oxygens (including phenoxy) is 2. The highest BCUT2D eigenvalue weighted by Crippen LogP contribution is 2.46. The molecular weight excluding hydrogens is 348 g/mol. The highest BCUT2D eigenvalue weighted by molar-refractivity contribution is 7.99. The lowest BCUT2D eigenvalue weighted by Gasteiger charge is -2.28. The molecule has 0 saturated carbocycles. The van der Waals surface area contributed by atoms with E-state index in [9.17, 15) is 4.79 Å². The standard InChI is InChI=1S/C21H36O4S/c1-2-3-4-6-13-24-14-11-17-18(20-10-9-19(17)25-20)12-16-26-15-7-5-8-21(22)23/h5,8,17-20H,2-4,6-7,9-16H2,1H3,(H,22,23)/b8-5+/t17-,18+,19-,20+/m0/s1. The SMILES string of the molecule is CCCCCCOCC[C@H]1[C@@H](CCSCC/C=C/C(=O)O)[C@H]2CC[C@@H]1O2. The Labute approximate surface area is 163 Å². The van der Waals surface area contributed by atoms with Crippen LogP contribution in [0.15, 0.2) is 12.2 Å². The Morgan fingerprint density at radius 3 is 2.62 bits per heavy atom. The molecule has 2 heterocycles. The topological polar surface area (TPSA) is 55.8 Å². The van der Waals surface area contributed by atoms with Crippen molar-refractivity contribution < 1.29 is 19.4 Å². The Morgan fingerprint density at radius 1 is 1.12 bits per heavy atom. The molecule has 4 nitrogen and oxygen atoms in total. The molecule has 2 rings (SSSR count). The van der Waals surface area contributed by atoms with Crippen molar-refractivity contribution in [3.63, 3.8) is 0 Å². The third-order valence-electron chi connectivity index (χ3n) is 5.61. The van der Waals surface area contributed by atoms with Crippen LogP contribution in [0.5, 0.6) is 0 Å². The van der Waals surface area contributed by atoms with Gasteiger partial charge in [0.05, 0.1) is 12.2 Å². The van der Waals surface area contributed by atoms with E-state index in [4.69, 9.17) is 14.6 Å². The molecule has 5 heteroatoms. The minimum Gasteiger partial charge on any atom is -0.478 e. The van der Waals surface area contributed by atoms with Gasteiger partial charge in [0.2, 0.25) is 0 Å². The van der Waals surface area contributed by atoms with Crippen LogP contribution in [0.2, 0.25) is 0 Å². The lowest BCUT2D eigenvalue weighted by atomic mass is 9.76. The molecule has 0 spiro atoms. The fourth-order valence-corrected chi connectivity index (χ4v) is 5.23. The van der Waals surface area contributed by atoms with E-state index in [2.05, 4.69) is 6.92 Å². The first kappa shape index (κ1) is 21.8. The van der Waals surface area contributed by atoms with Crippen molar-refractivity contribution in [1.29, 1.82) is 0 Å². The third kappa shape index (κ3) is 7.61. The summed E-state index contributed by atoms with van der Waals surface area (Å²) in [5, 5.41) is 8.57. The summed E-state index contributed by atoms with van der Waals surface area (Å²) < 4.78 is 12.1. The molecule has 0 aromatic heterocycles. The van der Waals surface area contributed by atoms with Gasteiger partial charge in [0, 0.05) is 19.3 Å². The second-order valence-corrected chi connectivity index (χ2v) is 8.73. The van der Waals surface area contributed by atoms with Crippen LogP contribution in [0.1, 0.15) is 64.7 Å². The average molecular weight is 385 g/mol. The number of carbonyl (C=O) groups is 1. The number of hydrogen-bond acceptors (Lipinski definition) is 4. The highest BCUT2D eigenvalue weighted by Gasteiger charge is 2.47. The summed E-state index contributed by atoms with van der Waals surface area (Å²) in [6.45, 7) is 4.03. The first-order valence-corrected chi connectivity index (χ1v) is 11.6. The quantitative estimate of drug-likeness (QED) is 0.321. The molecule has 2 aliphatic heterocycles. The van der Waals surface area contributed by atoms with Gasteiger partial charge in [-0.15, -0.1) is 0 Å². The third-order valence-corrected chi connectivity index (χ3v) is 6.66. The van der Waals surface area contributed by atoms with E-state index in [1.165, 1.54) is 51.0 Å². The normalized spacial score (nSPS) is 27.6. The monoisotopic (exact) mass is 384 g/mol. The van der Waals surface area contributed by atoms with Crippen LogP contribution in [0, 0.1) is 11.8 Å². The van der Waals surface area contributed by atoms with Gasteiger partial charge in [0.25, 0.3) is 0 Å². The largest absolute Gasteiger partial charge is 0.478 e. The lowest BCUT2D eigenvalue weighted by Crippen LogP contribution is -2.28. The van der Waals surface area contributed by atoms with E-state index < -0.39 is 5.97 Å². The molecule has 2 saturated heterocycles. The van der Waals surface area contributed by atoms with Crippen LogP contribution in [0.4, 0.5) is 0 Å². The summed E-state index contributed by atoms with van der Waals surface area (Å²) in [5.74, 6) is 2.66. The fraction of sp³-hybridized carbons (Fsp3) is 0.857. The maximum absolute atomic E-state index is 10.4. The molecule has 4 atom stereocenters. The van der Waals surface area contributed by atoms with Crippen LogP contribution in [-0.2, 0) is 14.3 Å². The molecule has 0 amide bonds. The Hall–Kier alpha value is -0.520. The average Bonchev–Trinajstić information content (AvgIpc) is 3.22. The summed E-state index contributed by atoms with van der Waals surface area (Å²) in [7, 11) is 0. The summed E-state index contributed by atoms with van der Waals surface area (Å²) in [4.78, 5) is 10.4. The zero-order chi connectivity index (χ0) is 18.6. The minimum atomic E-state index is -0.857. The first-order chi connectivity index (χ1) is 12.7. The Bertz CT molecular complexity index is 426. The molecule has 0 aliphatic carbocycles. The molecule has 2 fully saturated rings. The van der Waals surface area contributed by atoms with Gasteiger partial charge in [0.15, 0.2) is 0 Å². The zero-order valence-electron chi connectivity index (χ0n) is 16.2. The molecule has 0 radical (unpaired) electrons. The molecule has 2 bridgehead atoms. The van der Waals surface area contributed by atoms with E-state index in [0.29, 0.717) is 24.0 Å². The smallest absolute Gasteiger partial charge is 0.327 e. The van der Waals surface area contributed by atoms with Crippen molar-refractivity contribution in [2.75, 3.05) is 24.7 Å². The van der Waals surface area contributed by atoms with Crippen LogP contribution in [0.3, 0.4) is 0 Å². The number of rotatable bonds is 15. The van der Waals surface area contributed by atoms with Crippen molar-refractivity contribution in [3.05, 3.63) is 12.2 Å². The molecule has 0 aromatic carbocycles. The van der Waals surface area contributed by atoms with E-state index in [1.54, 1.807) is 6.08 Å². The minimum absolute atomic E-state index is 0.470. The van der Waals surface area contributed by atoms with Crippen molar-refractivity contribution in [3.8, 4) is 0 Å². The molecular formula is C21H36O4S. The molecule has 2 aliphatic rings. The van der Waals surface area contributed by atoms with Crippen molar-refractivity contribution >= 4 is 17.7 Å². The van der Waals surface area contributed by atoms with Gasteiger partial charge in [-0.3, -0.25) is 0 Å². The Morgan fingerprint density at radius 2 is 1.88 bits per heavy atom. The predicted octanol–water partition coefficient (Wildman–Crippen LogP) is 4.92. The van der Waals surface area contributed by atoms with Crippen molar-refractivity contribution in [2.45, 2.75) is 76.9 Å². The molecule has 0 unspecified atom stereocenters. The molecule has 1 N–H and O–H groups in total. The summed E-state index contributed by atoms with van der Waals surface area (Å²) in [6, 6.07) is 0. The van der Waals surface area contributed by atoms with E-state index in [0.717, 1.165) is 37.6 Å². The number of allylic oxidation sites excluding steroid dienone is 1. The van der Waals surface area contributed by atoms with Gasteiger partial charge in [0.1, 0.15) is 0 Å². The maximum Gasteiger partial charge on any atom is 0.327 e. The Balaban J connectivity index is 1.58. The van der Waals surface area contributed by atoms with Gasteiger partial charge in [-0.25, -0.2) is 4.79 Å². The second-order valence-electron chi connectivity index (χ2n) is 7.51.